The minimum atomic E-state index is 0.566. The van der Waals surface area contributed by atoms with Crippen molar-refractivity contribution in [3.8, 4) is 11.5 Å². The van der Waals surface area contributed by atoms with Gasteiger partial charge in [0.2, 0.25) is 0 Å². The Hall–Kier alpha value is -0.690. The standard InChI is InChI=1S/C13H12ClIN4/c14-12-10(15)11(7-1-2-7)17-13(18-12)9-5-16-6-19(9)8-3-4-8/h5-8H,1-4H2. The van der Waals surface area contributed by atoms with Crippen molar-refractivity contribution in [1.29, 1.82) is 0 Å². The Morgan fingerprint density at radius 3 is 2.68 bits per heavy atom. The van der Waals surface area contributed by atoms with Gasteiger partial charge in [-0.15, -0.1) is 0 Å². The molecule has 2 aliphatic carbocycles. The summed E-state index contributed by atoms with van der Waals surface area (Å²) in [5.41, 5.74) is 2.10. The number of hydrogen-bond donors (Lipinski definition) is 0. The lowest BCUT2D eigenvalue weighted by atomic mass is 10.2. The lowest BCUT2D eigenvalue weighted by Gasteiger charge is -2.09. The van der Waals surface area contributed by atoms with Gasteiger partial charge in [-0.2, -0.15) is 0 Å². The summed E-state index contributed by atoms with van der Waals surface area (Å²) in [6.07, 6.45) is 8.58. The monoisotopic (exact) mass is 386 g/mol. The van der Waals surface area contributed by atoms with E-state index in [0.717, 1.165) is 20.8 Å². The molecule has 4 nitrogen and oxygen atoms in total. The van der Waals surface area contributed by atoms with Gasteiger partial charge in [0.05, 0.1) is 21.8 Å². The maximum absolute atomic E-state index is 6.27. The first-order valence-corrected chi connectivity index (χ1v) is 7.95. The summed E-state index contributed by atoms with van der Waals surface area (Å²) in [6, 6.07) is 0.573. The van der Waals surface area contributed by atoms with E-state index in [-0.39, 0.29) is 0 Å². The largest absolute Gasteiger partial charge is 0.325 e. The van der Waals surface area contributed by atoms with E-state index in [1.807, 2.05) is 12.5 Å². The molecule has 0 bridgehead atoms. The average Bonchev–Trinajstić information content (AvgIpc) is 3.32. The van der Waals surface area contributed by atoms with Gasteiger partial charge in [-0.05, 0) is 48.3 Å². The normalized spacial score (nSPS) is 18.8. The van der Waals surface area contributed by atoms with Crippen LogP contribution in [0.3, 0.4) is 0 Å². The average molecular weight is 387 g/mol. The SMILES string of the molecule is Clc1nc(-c2cncn2C2CC2)nc(C2CC2)c1I. The molecule has 2 fully saturated rings. The van der Waals surface area contributed by atoms with Crippen LogP contribution >= 0.6 is 34.2 Å². The summed E-state index contributed by atoms with van der Waals surface area (Å²) < 4.78 is 3.18. The molecule has 0 saturated heterocycles. The van der Waals surface area contributed by atoms with E-state index in [0.29, 0.717) is 17.1 Å². The summed E-state index contributed by atoms with van der Waals surface area (Å²) in [6.45, 7) is 0. The summed E-state index contributed by atoms with van der Waals surface area (Å²) in [5, 5.41) is 0.566. The van der Waals surface area contributed by atoms with Crippen molar-refractivity contribution in [2.75, 3.05) is 0 Å². The molecule has 2 aromatic rings. The number of rotatable bonds is 3. The first-order valence-electron chi connectivity index (χ1n) is 6.49. The first kappa shape index (κ1) is 12.1. The van der Waals surface area contributed by atoms with Crippen molar-refractivity contribution < 1.29 is 0 Å². The van der Waals surface area contributed by atoms with E-state index in [1.165, 1.54) is 25.7 Å². The van der Waals surface area contributed by atoms with Crippen molar-refractivity contribution in [3.05, 3.63) is 26.9 Å². The van der Waals surface area contributed by atoms with Crippen LogP contribution in [-0.4, -0.2) is 19.5 Å². The predicted molar refractivity (Wildman–Crippen MR) is 81.2 cm³/mol. The molecule has 0 aromatic carbocycles. The zero-order valence-electron chi connectivity index (χ0n) is 10.2. The van der Waals surface area contributed by atoms with Crippen LogP contribution in [0.1, 0.15) is 43.3 Å². The van der Waals surface area contributed by atoms with Crippen LogP contribution in [0.4, 0.5) is 0 Å². The van der Waals surface area contributed by atoms with E-state index < -0.39 is 0 Å². The molecule has 0 spiro atoms. The quantitative estimate of drug-likeness (QED) is 0.595. The third-order valence-corrected chi connectivity index (χ3v) is 5.29. The molecule has 98 valence electrons. The van der Waals surface area contributed by atoms with Crippen LogP contribution in [0.25, 0.3) is 11.5 Å². The Kier molecular flexibility index (Phi) is 2.80. The molecular formula is C13H12ClIN4. The molecule has 0 unspecified atom stereocenters. The van der Waals surface area contributed by atoms with Gasteiger partial charge in [0, 0.05) is 12.0 Å². The van der Waals surface area contributed by atoms with Crippen molar-refractivity contribution in [3.63, 3.8) is 0 Å². The molecule has 0 amide bonds. The second-order valence-electron chi connectivity index (χ2n) is 5.23. The van der Waals surface area contributed by atoms with E-state index in [9.17, 15) is 0 Å². The van der Waals surface area contributed by atoms with Crippen LogP contribution in [-0.2, 0) is 0 Å². The third kappa shape index (κ3) is 2.16. The molecule has 0 aliphatic heterocycles. The topological polar surface area (TPSA) is 43.6 Å². The minimum Gasteiger partial charge on any atom is -0.325 e. The highest BCUT2D eigenvalue weighted by Crippen LogP contribution is 2.43. The van der Waals surface area contributed by atoms with Crippen LogP contribution in [0.2, 0.25) is 5.15 Å². The zero-order valence-corrected chi connectivity index (χ0v) is 13.1. The van der Waals surface area contributed by atoms with Crippen LogP contribution in [0.15, 0.2) is 12.5 Å². The van der Waals surface area contributed by atoms with E-state index in [1.54, 1.807) is 0 Å². The Balaban J connectivity index is 1.83. The van der Waals surface area contributed by atoms with Gasteiger partial charge < -0.3 is 4.57 Å². The molecule has 0 N–H and O–H groups in total. The molecule has 2 heterocycles. The fourth-order valence-corrected chi connectivity index (χ4v) is 3.16. The van der Waals surface area contributed by atoms with E-state index in [4.69, 9.17) is 16.6 Å². The lowest BCUT2D eigenvalue weighted by molar-refractivity contribution is 0.742. The van der Waals surface area contributed by atoms with Gasteiger partial charge in [-0.3, -0.25) is 0 Å². The summed E-state index contributed by atoms with van der Waals surface area (Å²) in [7, 11) is 0. The molecule has 0 radical (unpaired) electrons. The van der Waals surface area contributed by atoms with Gasteiger partial charge in [-0.25, -0.2) is 15.0 Å². The minimum absolute atomic E-state index is 0.566. The number of hydrogen-bond acceptors (Lipinski definition) is 3. The number of halogens is 2. The maximum Gasteiger partial charge on any atom is 0.179 e. The highest BCUT2D eigenvalue weighted by Gasteiger charge is 2.31. The second-order valence-corrected chi connectivity index (χ2v) is 6.67. The van der Waals surface area contributed by atoms with Crippen LogP contribution in [0, 0.1) is 3.57 Å². The number of imidazole rings is 1. The first-order chi connectivity index (χ1) is 9.24. The van der Waals surface area contributed by atoms with Gasteiger partial charge in [0.15, 0.2) is 5.82 Å². The summed E-state index contributed by atoms with van der Waals surface area (Å²) >= 11 is 8.52. The fraction of sp³-hybridized carbons (Fsp3) is 0.462. The third-order valence-electron chi connectivity index (χ3n) is 3.64. The van der Waals surface area contributed by atoms with Crippen molar-refractivity contribution in [2.45, 2.75) is 37.6 Å². The molecule has 6 heteroatoms. The van der Waals surface area contributed by atoms with Crippen molar-refractivity contribution >= 4 is 34.2 Å². The Morgan fingerprint density at radius 1 is 1.21 bits per heavy atom. The molecule has 2 saturated carbocycles. The molecular weight excluding hydrogens is 375 g/mol. The van der Waals surface area contributed by atoms with Crippen molar-refractivity contribution in [2.24, 2.45) is 0 Å². The van der Waals surface area contributed by atoms with E-state index >= 15 is 0 Å². The number of aromatic nitrogens is 4. The lowest BCUT2D eigenvalue weighted by Crippen LogP contribution is -2.03. The molecule has 2 aromatic heterocycles. The van der Waals surface area contributed by atoms with Gasteiger partial charge in [0.1, 0.15) is 10.8 Å². The van der Waals surface area contributed by atoms with Crippen LogP contribution in [0.5, 0.6) is 0 Å². The maximum atomic E-state index is 6.27. The molecule has 4 rings (SSSR count). The second kappa shape index (κ2) is 4.41. The molecule has 2 aliphatic rings. The predicted octanol–water partition coefficient (Wildman–Crippen LogP) is 3.81. The highest BCUT2D eigenvalue weighted by atomic mass is 127. The summed E-state index contributed by atoms with van der Waals surface area (Å²) in [4.78, 5) is 13.4. The number of nitrogens with zero attached hydrogens (tertiary/aromatic N) is 4. The Labute approximate surface area is 129 Å². The zero-order chi connectivity index (χ0) is 13.0. The van der Waals surface area contributed by atoms with Gasteiger partial charge in [-0.1, -0.05) is 11.6 Å². The Morgan fingerprint density at radius 2 is 2.00 bits per heavy atom. The van der Waals surface area contributed by atoms with Crippen molar-refractivity contribution in [1.82, 2.24) is 19.5 Å². The highest BCUT2D eigenvalue weighted by molar-refractivity contribution is 14.1. The molecule has 19 heavy (non-hydrogen) atoms. The smallest absolute Gasteiger partial charge is 0.179 e. The van der Waals surface area contributed by atoms with Gasteiger partial charge in [0.25, 0.3) is 0 Å². The molecule has 0 atom stereocenters. The Bertz CT molecular complexity index is 646. The summed E-state index contributed by atoms with van der Waals surface area (Å²) in [5.74, 6) is 1.29. The van der Waals surface area contributed by atoms with Crippen LogP contribution < -0.4 is 0 Å². The fourth-order valence-electron chi connectivity index (χ4n) is 2.30. The van der Waals surface area contributed by atoms with E-state index in [2.05, 4.69) is 37.1 Å². The van der Waals surface area contributed by atoms with Gasteiger partial charge >= 0.3 is 0 Å².